The molecule has 6 aromatic rings. The first-order valence-electron chi connectivity index (χ1n) is 12.4. The lowest BCUT2D eigenvalue weighted by Gasteiger charge is -2.09. The molecule has 1 aliphatic carbocycles. The van der Waals surface area contributed by atoms with Crippen LogP contribution < -0.4 is 10.6 Å². The van der Waals surface area contributed by atoms with Crippen LogP contribution >= 0.6 is 15.9 Å². The Morgan fingerprint density at radius 1 is 0.514 bits per heavy atom. The second kappa shape index (κ2) is 7.83. The van der Waals surface area contributed by atoms with Gasteiger partial charge in [-0.15, -0.1) is 0 Å². The first-order chi connectivity index (χ1) is 18.3. The van der Waals surface area contributed by atoms with Crippen molar-refractivity contribution in [3.8, 4) is 33.5 Å². The van der Waals surface area contributed by atoms with Crippen LogP contribution in [0.4, 0.5) is 5.69 Å². The maximum Gasteiger partial charge on any atom is 0.0980 e. The van der Waals surface area contributed by atoms with Crippen LogP contribution in [0.25, 0.3) is 49.9 Å². The molecular weight excluding hydrogens is 516 g/mol. The Labute approximate surface area is 222 Å². The minimum Gasteiger partial charge on any atom is -0.254 e. The molecule has 0 unspecified atom stereocenters. The highest BCUT2D eigenvalue weighted by Crippen LogP contribution is 2.38. The van der Waals surface area contributed by atoms with Gasteiger partial charge in [-0.25, -0.2) is 4.99 Å². The molecule has 0 radical (unpaired) electrons. The van der Waals surface area contributed by atoms with E-state index in [9.17, 15) is 0 Å². The molecule has 0 bridgehead atoms. The van der Waals surface area contributed by atoms with Crippen LogP contribution in [-0.4, -0.2) is 4.98 Å². The number of benzene rings is 5. The van der Waals surface area contributed by atoms with Crippen LogP contribution in [0.5, 0.6) is 0 Å². The van der Waals surface area contributed by atoms with Crippen molar-refractivity contribution in [1.82, 2.24) is 4.98 Å². The van der Waals surface area contributed by atoms with E-state index in [1.807, 2.05) is 18.3 Å². The van der Waals surface area contributed by atoms with Crippen LogP contribution in [0.1, 0.15) is 11.1 Å². The van der Waals surface area contributed by atoms with Crippen LogP contribution in [0, 0.1) is 0 Å². The van der Waals surface area contributed by atoms with E-state index in [1.54, 1.807) is 0 Å². The lowest BCUT2D eigenvalue weighted by atomic mass is 9.94. The van der Waals surface area contributed by atoms with E-state index in [1.165, 1.54) is 54.9 Å². The fourth-order valence-corrected chi connectivity index (χ4v) is 6.12. The summed E-state index contributed by atoms with van der Waals surface area (Å²) in [5, 5.41) is 4.72. The van der Waals surface area contributed by atoms with Gasteiger partial charge in [-0.2, -0.15) is 0 Å². The molecule has 0 atom stereocenters. The molecule has 3 heteroatoms. The van der Waals surface area contributed by atoms with Gasteiger partial charge in [-0.3, -0.25) is 4.98 Å². The van der Waals surface area contributed by atoms with E-state index >= 15 is 0 Å². The van der Waals surface area contributed by atoms with Gasteiger partial charge in [0.1, 0.15) is 0 Å². The van der Waals surface area contributed by atoms with Crippen molar-refractivity contribution in [1.29, 1.82) is 0 Å². The Bertz CT molecular complexity index is 2020. The van der Waals surface area contributed by atoms with Crippen molar-refractivity contribution in [3.63, 3.8) is 0 Å². The van der Waals surface area contributed by atoms with Crippen LogP contribution in [0.15, 0.2) is 125 Å². The monoisotopic (exact) mass is 534 g/mol. The second-order valence-corrected chi connectivity index (χ2v) is 10.4. The summed E-state index contributed by atoms with van der Waals surface area (Å²) in [6.07, 6.45) is 1.84. The Hall–Kier alpha value is -4.34. The summed E-state index contributed by atoms with van der Waals surface area (Å²) < 4.78 is 1.09. The van der Waals surface area contributed by atoms with E-state index in [4.69, 9.17) is 4.99 Å². The Kier molecular flexibility index (Phi) is 4.40. The SMILES string of the molecule is Brc1ccc(-c2ccc(C3=c4c(ccc5c6c(ccc45)-c4ncccc4N=6)-c4ccccc43)cc2)cc1. The molecule has 0 N–H and O–H groups in total. The zero-order valence-electron chi connectivity index (χ0n) is 19.7. The van der Waals surface area contributed by atoms with Crippen LogP contribution in [-0.2, 0) is 0 Å². The van der Waals surface area contributed by atoms with Crippen molar-refractivity contribution in [2.45, 2.75) is 0 Å². The molecule has 37 heavy (non-hydrogen) atoms. The van der Waals surface area contributed by atoms with Crippen molar-refractivity contribution >= 4 is 38.0 Å². The van der Waals surface area contributed by atoms with E-state index < -0.39 is 0 Å². The second-order valence-electron chi connectivity index (χ2n) is 9.53. The van der Waals surface area contributed by atoms with Gasteiger partial charge in [0.05, 0.1) is 16.7 Å². The normalized spacial score (nSPS) is 12.6. The minimum atomic E-state index is 0.946. The Balaban J connectivity index is 1.40. The Morgan fingerprint density at radius 2 is 1.19 bits per heavy atom. The molecule has 0 amide bonds. The molecule has 0 saturated carbocycles. The summed E-state index contributed by atoms with van der Waals surface area (Å²) in [5.74, 6) is 0. The van der Waals surface area contributed by atoms with E-state index in [2.05, 4.69) is 118 Å². The molecule has 5 aromatic carbocycles. The van der Waals surface area contributed by atoms with Crippen LogP contribution in [0.3, 0.4) is 0 Å². The number of pyridine rings is 1. The molecule has 2 aliphatic rings. The maximum atomic E-state index is 4.99. The lowest BCUT2D eigenvalue weighted by Crippen LogP contribution is -2.13. The van der Waals surface area contributed by atoms with Gasteiger partial charge in [0.15, 0.2) is 0 Å². The summed E-state index contributed by atoms with van der Waals surface area (Å²) in [6, 6.07) is 39.2. The summed E-state index contributed by atoms with van der Waals surface area (Å²) in [4.78, 5) is 9.60. The molecule has 8 rings (SSSR count). The van der Waals surface area contributed by atoms with Gasteiger partial charge in [-0.05, 0) is 79.9 Å². The maximum absolute atomic E-state index is 4.99. The van der Waals surface area contributed by atoms with Gasteiger partial charge in [-0.1, -0.05) is 94.8 Å². The van der Waals surface area contributed by atoms with Crippen molar-refractivity contribution in [2.75, 3.05) is 0 Å². The molecule has 0 saturated heterocycles. The standard InChI is InChI=1S/C34H19BrN2/c35-23-13-11-21(12-14-23)20-7-9-22(10-8-20)31-25-5-2-1-4-24(25)26-15-17-28-27(32(26)31)16-18-29-33(28)37-30-6-3-19-36-34(29)30/h1-19H. The molecule has 0 spiro atoms. The van der Waals surface area contributed by atoms with Crippen LogP contribution in [0.2, 0.25) is 0 Å². The average Bonchev–Trinajstić information content (AvgIpc) is 3.50. The summed E-state index contributed by atoms with van der Waals surface area (Å²) in [5.41, 5.74) is 11.8. The highest BCUT2D eigenvalue weighted by atomic mass is 79.9. The molecule has 1 aliphatic heterocycles. The zero-order chi connectivity index (χ0) is 24.5. The predicted octanol–water partition coefficient (Wildman–Crippen LogP) is 7.82. The van der Waals surface area contributed by atoms with Gasteiger partial charge < -0.3 is 0 Å². The minimum absolute atomic E-state index is 0.946. The van der Waals surface area contributed by atoms with Crippen molar-refractivity contribution in [2.24, 2.45) is 4.99 Å². The van der Waals surface area contributed by atoms with Crippen molar-refractivity contribution in [3.05, 3.63) is 142 Å². The predicted molar refractivity (Wildman–Crippen MR) is 154 cm³/mol. The largest absolute Gasteiger partial charge is 0.254 e. The van der Waals surface area contributed by atoms with E-state index in [0.717, 1.165) is 26.8 Å². The third-order valence-corrected chi connectivity index (χ3v) is 8.06. The molecular formula is C34H19BrN2. The number of rotatable bonds is 2. The lowest BCUT2D eigenvalue weighted by molar-refractivity contribution is 1.33. The molecule has 2 nitrogen and oxygen atoms in total. The molecule has 2 heterocycles. The highest BCUT2D eigenvalue weighted by molar-refractivity contribution is 9.10. The van der Waals surface area contributed by atoms with Crippen molar-refractivity contribution < 1.29 is 0 Å². The molecule has 172 valence electrons. The zero-order valence-corrected chi connectivity index (χ0v) is 21.3. The third kappa shape index (κ3) is 3.04. The van der Waals surface area contributed by atoms with E-state index in [0.29, 0.717) is 0 Å². The highest BCUT2D eigenvalue weighted by Gasteiger charge is 2.24. The van der Waals surface area contributed by atoms with Gasteiger partial charge in [0.2, 0.25) is 0 Å². The summed E-state index contributed by atoms with van der Waals surface area (Å²) in [7, 11) is 0. The smallest absolute Gasteiger partial charge is 0.0980 e. The van der Waals surface area contributed by atoms with Gasteiger partial charge in [0, 0.05) is 21.6 Å². The number of aromatic nitrogens is 1. The third-order valence-electron chi connectivity index (χ3n) is 7.53. The fourth-order valence-electron chi connectivity index (χ4n) is 5.85. The molecule has 1 aromatic heterocycles. The first kappa shape index (κ1) is 20.8. The Morgan fingerprint density at radius 3 is 2.00 bits per heavy atom. The number of fused-ring (bicyclic) bond motifs is 9. The first-order valence-corrected chi connectivity index (χ1v) is 13.2. The van der Waals surface area contributed by atoms with Gasteiger partial charge >= 0.3 is 0 Å². The molecule has 0 fully saturated rings. The van der Waals surface area contributed by atoms with Gasteiger partial charge in [0.25, 0.3) is 0 Å². The fraction of sp³-hybridized carbons (Fsp3) is 0. The van der Waals surface area contributed by atoms with E-state index in [-0.39, 0.29) is 0 Å². The summed E-state index contributed by atoms with van der Waals surface area (Å²) in [6.45, 7) is 0. The topological polar surface area (TPSA) is 25.2 Å². The number of hydrogen-bond acceptors (Lipinski definition) is 2. The average molecular weight is 535 g/mol. The number of nitrogens with zero attached hydrogens (tertiary/aromatic N) is 2. The quantitative estimate of drug-likeness (QED) is 0.222. The summed E-state index contributed by atoms with van der Waals surface area (Å²) >= 11 is 3.54. The number of halogens is 1. The number of hydrogen-bond donors (Lipinski definition) is 0.